The second kappa shape index (κ2) is 4.69. The highest BCUT2D eigenvalue weighted by atomic mass is 16.6. The molecule has 0 spiro atoms. The first kappa shape index (κ1) is 10.5. The largest absolute Gasteiger partial charge is 0.376 e. The summed E-state index contributed by atoms with van der Waals surface area (Å²) in [6, 6.07) is 0.0516. The van der Waals surface area contributed by atoms with Crippen LogP contribution in [0.1, 0.15) is 30.8 Å². The van der Waals surface area contributed by atoms with E-state index in [9.17, 15) is 0 Å². The Morgan fingerprint density at radius 3 is 3.00 bits per heavy atom. The maximum Gasteiger partial charge on any atom is 0.243 e. The molecule has 0 aliphatic carbocycles. The van der Waals surface area contributed by atoms with E-state index in [0.717, 1.165) is 0 Å². The molecule has 2 atom stereocenters. The Bertz CT molecular complexity index is 309. The summed E-state index contributed by atoms with van der Waals surface area (Å²) >= 11 is 0. The number of hydrogen-bond donors (Lipinski definition) is 1. The molecule has 0 bridgehead atoms. The average molecular weight is 213 g/mol. The lowest BCUT2D eigenvalue weighted by Gasteiger charge is -2.19. The predicted octanol–water partition coefficient (Wildman–Crippen LogP) is 0.438. The third-order valence-electron chi connectivity index (χ3n) is 2.36. The van der Waals surface area contributed by atoms with Gasteiger partial charge in [0.2, 0.25) is 11.7 Å². The fraction of sp³-hybridized carbons (Fsp3) is 0.778. The summed E-state index contributed by atoms with van der Waals surface area (Å²) in [6.45, 7) is 3.66. The summed E-state index contributed by atoms with van der Waals surface area (Å²) in [4.78, 5) is 4.26. The van der Waals surface area contributed by atoms with Gasteiger partial charge in [-0.25, -0.2) is 0 Å². The minimum atomic E-state index is -0.194. The Morgan fingerprint density at radius 2 is 2.33 bits per heavy atom. The lowest BCUT2D eigenvalue weighted by Crippen LogP contribution is -2.23. The molecule has 1 aromatic rings. The molecule has 1 aromatic heterocycles. The number of nitrogens with zero attached hydrogens (tertiary/aromatic N) is 2. The molecular formula is C9H15N3O3. The van der Waals surface area contributed by atoms with Crippen LogP contribution in [0.5, 0.6) is 0 Å². The van der Waals surface area contributed by atoms with Gasteiger partial charge in [0.25, 0.3) is 0 Å². The molecule has 1 aliphatic heterocycles. The second-order valence-electron chi connectivity index (χ2n) is 3.44. The number of aromatic nitrogens is 2. The lowest BCUT2D eigenvalue weighted by molar-refractivity contribution is -0.0941. The molecule has 0 radical (unpaired) electrons. The highest BCUT2D eigenvalue weighted by molar-refractivity contribution is 4.95. The van der Waals surface area contributed by atoms with E-state index in [1.807, 2.05) is 14.0 Å². The van der Waals surface area contributed by atoms with Crippen LogP contribution in [-0.4, -0.2) is 37.0 Å². The van der Waals surface area contributed by atoms with Crippen LogP contribution in [0, 0.1) is 0 Å². The summed E-state index contributed by atoms with van der Waals surface area (Å²) in [5.41, 5.74) is 0. The monoisotopic (exact) mass is 213 g/mol. The van der Waals surface area contributed by atoms with Crippen LogP contribution in [-0.2, 0) is 9.47 Å². The summed E-state index contributed by atoms with van der Waals surface area (Å²) in [7, 11) is 1.84. The molecule has 1 N–H and O–H groups in total. The normalized spacial score (nSPS) is 24.0. The lowest BCUT2D eigenvalue weighted by atomic mass is 10.3. The van der Waals surface area contributed by atoms with Gasteiger partial charge in [-0.15, -0.1) is 0 Å². The first-order chi connectivity index (χ1) is 7.31. The van der Waals surface area contributed by atoms with Crippen molar-refractivity contribution in [3.05, 3.63) is 11.7 Å². The highest BCUT2D eigenvalue weighted by Crippen LogP contribution is 2.19. The van der Waals surface area contributed by atoms with Crippen LogP contribution in [0.25, 0.3) is 0 Å². The molecule has 6 heteroatoms. The Kier molecular flexibility index (Phi) is 3.30. The fourth-order valence-electron chi connectivity index (χ4n) is 1.31. The topological polar surface area (TPSA) is 69.4 Å². The molecule has 0 aromatic carbocycles. The van der Waals surface area contributed by atoms with E-state index < -0.39 is 0 Å². The van der Waals surface area contributed by atoms with Gasteiger partial charge in [-0.2, -0.15) is 4.98 Å². The molecule has 1 saturated heterocycles. The SMILES string of the molecule is CNC(C)c1nc(C2COCCO2)no1. The fourth-order valence-corrected chi connectivity index (χ4v) is 1.31. The number of rotatable bonds is 3. The molecule has 0 saturated carbocycles. The number of hydrogen-bond acceptors (Lipinski definition) is 6. The summed E-state index contributed by atoms with van der Waals surface area (Å²) in [5, 5.41) is 6.91. The van der Waals surface area contributed by atoms with Crippen LogP contribution in [0.2, 0.25) is 0 Å². The van der Waals surface area contributed by atoms with E-state index in [1.165, 1.54) is 0 Å². The van der Waals surface area contributed by atoms with Crippen molar-refractivity contribution in [3.63, 3.8) is 0 Å². The van der Waals surface area contributed by atoms with E-state index in [4.69, 9.17) is 14.0 Å². The smallest absolute Gasteiger partial charge is 0.243 e. The standard InChI is InChI=1S/C9H15N3O3/c1-6(10-2)9-11-8(12-15-9)7-5-13-3-4-14-7/h6-7,10H,3-5H2,1-2H3. The molecule has 0 amide bonds. The highest BCUT2D eigenvalue weighted by Gasteiger charge is 2.23. The Hall–Kier alpha value is -0.980. The van der Waals surface area contributed by atoms with Crippen molar-refractivity contribution >= 4 is 0 Å². The van der Waals surface area contributed by atoms with Gasteiger partial charge in [0.1, 0.15) is 6.10 Å². The van der Waals surface area contributed by atoms with Gasteiger partial charge in [-0.1, -0.05) is 5.16 Å². The molecule has 1 aliphatic rings. The van der Waals surface area contributed by atoms with E-state index in [1.54, 1.807) is 0 Å². The first-order valence-electron chi connectivity index (χ1n) is 5.01. The predicted molar refractivity (Wildman–Crippen MR) is 51.3 cm³/mol. The van der Waals surface area contributed by atoms with Gasteiger partial charge >= 0.3 is 0 Å². The molecule has 6 nitrogen and oxygen atoms in total. The average Bonchev–Trinajstić information content (AvgIpc) is 2.78. The zero-order valence-electron chi connectivity index (χ0n) is 8.90. The van der Waals surface area contributed by atoms with Crippen LogP contribution < -0.4 is 5.32 Å². The number of ether oxygens (including phenoxy) is 2. The quantitative estimate of drug-likeness (QED) is 0.785. The Morgan fingerprint density at radius 1 is 1.47 bits per heavy atom. The molecular weight excluding hydrogens is 198 g/mol. The minimum Gasteiger partial charge on any atom is -0.376 e. The summed E-state index contributed by atoms with van der Waals surface area (Å²) in [5.74, 6) is 1.13. The third-order valence-corrected chi connectivity index (χ3v) is 2.36. The van der Waals surface area contributed by atoms with Crippen molar-refractivity contribution in [2.45, 2.75) is 19.1 Å². The third kappa shape index (κ3) is 2.34. The molecule has 15 heavy (non-hydrogen) atoms. The zero-order valence-corrected chi connectivity index (χ0v) is 8.90. The van der Waals surface area contributed by atoms with E-state index in [2.05, 4.69) is 15.5 Å². The van der Waals surface area contributed by atoms with Crippen LogP contribution in [0.3, 0.4) is 0 Å². The molecule has 2 unspecified atom stereocenters. The van der Waals surface area contributed by atoms with Gasteiger partial charge in [0.05, 0.1) is 25.9 Å². The van der Waals surface area contributed by atoms with Crippen LogP contribution in [0.4, 0.5) is 0 Å². The van der Waals surface area contributed by atoms with Gasteiger partial charge in [0, 0.05) is 0 Å². The Labute approximate surface area is 87.9 Å². The van der Waals surface area contributed by atoms with E-state index in [0.29, 0.717) is 31.5 Å². The second-order valence-corrected chi connectivity index (χ2v) is 3.44. The van der Waals surface area contributed by atoms with Crippen molar-refractivity contribution in [1.29, 1.82) is 0 Å². The van der Waals surface area contributed by atoms with E-state index >= 15 is 0 Å². The van der Waals surface area contributed by atoms with Crippen LogP contribution >= 0.6 is 0 Å². The van der Waals surface area contributed by atoms with Crippen molar-refractivity contribution < 1.29 is 14.0 Å². The van der Waals surface area contributed by atoms with Crippen molar-refractivity contribution in [2.24, 2.45) is 0 Å². The van der Waals surface area contributed by atoms with Crippen molar-refractivity contribution in [2.75, 3.05) is 26.9 Å². The molecule has 84 valence electrons. The summed E-state index contributed by atoms with van der Waals surface area (Å²) < 4.78 is 15.8. The summed E-state index contributed by atoms with van der Waals surface area (Å²) in [6.07, 6.45) is -0.194. The minimum absolute atomic E-state index is 0.0516. The molecule has 2 rings (SSSR count). The van der Waals surface area contributed by atoms with Crippen LogP contribution in [0.15, 0.2) is 4.52 Å². The zero-order chi connectivity index (χ0) is 10.7. The van der Waals surface area contributed by atoms with Gasteiger partial charge in [0.15, 0.2) is 0 Å². The first-order valence-corrected chi connectivity index (χ1v) is 5.01. The number of nitrogens with one attached hydrogen (secondary N) is 1. The Balaban J connectivity index is 2.05. The maximum absolute atomic E-state index is 5.46. The maximum atomic E-state index is 5.46. The van der Waals surface area contributed by atoms with E-state index in [-0.39, 0.29) is 12.1 Å². The van der Waals surface area contributed by atoms with Gasteiger partial charge in [-0.3, -0.25) is 0 Å². The van der Waals surface area contributed by atoms with Gasteiger partial charge < -0.3 is 19.3 Å². The van der Waals surface area contributed by atoms with Crippen molar-refractivity contribution in [1.82, 2.24) is 15.5 Å². The molecule has 1 fully saturated rings. The van der Waals surface area contributed by atoms with Gasteiger partial charge in [-0.05, 0) is 14.0 Å². The van der Waals surface area contributed by atoms with Crippen molar-refractivity contribution in [3.8, 4) is 0 Å². The molecule has 2 heterocycles.